The number of hydrogen-bond acceptors (Lipinski definition) is 2. The van der Waals surface area contributed by atoms with Crippen LogP contribution < -0.4 is 10.6 Å². The highest BCUT2D eigenvalue weighted by atomic mass is 19.4. The molecule has 2 N–H and O–H groups in total. The second-order valence-corrected chi connectivity index (χ2v) is 6.89. The van der Waals surface area contributed by atoms with Crippen molar-refractivity contribution in [2.24, 2.45) is 11.8 Å². The molecule has 3 rings (SSSR count). The molecule has 1 aliphatic carbocycles. The van der Waals surface area contributed by atoms with Crippen LogP contribution in [0.2, 0.25) is 0 Å². The van der Waals surface area contributed by atoms with Crippen LogP contribution in [-0.2, 0) is 0 Å². The molecular formula is C17H22F4N2. The number of rotatable bonds is 3. The van der Waals surface area contributed by atoms with Gasteiger partial charge in [0, 0.05) is 13.1 Å². The van der Waals surface area contributed by atoms with Gasteiger partial charge in [-0.1, -0.05) is 12.1 Å². The van der Waals surface area contributed by atoms with E-state index in [9.17, 15) is 17.6 Å². The van der Waals surface area contributed by atoms with Gasteiger partial charge in [-0.05, 0) is 50.2 Å². The van der Waals surface area contributed by atoms with E-state index in [1.165, 1.54) is 0 Å². The van der Waals surface area contributed by atoms with E-state index >= 15 is 0 Å². The lowest BCUT2D eigenvalue weighted by Crippen LogP contribution is -2.47. The van der Waals surface area contributed by atoms with Crippen LogP contribution in [0.15, 0.2) is 24.3 Å². The summed E-state index contributed by atoms with van der Waals surface area (Å²) in [6.45, 7) is 0.988. The van der Waals surface area contributed by atoms with E-state index in [4.69, 9.17) is 5.73 Å². The van der Waals surface area contributed by atoms with E-state index < -0.39 is 23.7 Å². The second kappa shape index (κ2) is 5.87. The molecule has 6 heteroatoms. The van der Waals surface area contributed by atoms with Crippen LogP contribution in [0.5, 0.6) is 0 Å². The van der Waals surface area contributed by atoms with Gasteiger partial charge in [-0.3, -0.25) is 0 Å². The van der Waals surface area contributed by atoms with Crippen molar-refractivity contribution in [3.05, 3.63) is 24.3 Å². The molecule has 128 valence electrons. The summed E-state index contributed by atoms with van der Waals surface area (Å²) in [5.41, 5.74) is 5.99. The summed E-state index contributed by atoms with van der Waals surface area (Å²) >= 11 is 0. The van der Waals surface area contributed by atoms with E-state index in [0.29, 0.717) is 25.2 Å². The third kappa shape index (κ3) is 3.40. The van der Waals surface area contributed by atoms with Crippen molar-refractivity contribution in [3.8, 4) is 0 Å². The first-order valence-electron chi connectivity index (χ1n) is 8.14. The maximum Gasteiger partial charge on any atom is 0.392 e. The molecule has 2 atom stereocenters. The maximum absolute atomic E-state index is 15.0. The molecule has 0 spiro atoms. The maximum atomic E-state index is 15.0. The third-order valence-electron chi connectivity index (χ3n) is 5.40. The average molecular weight is 330 g/mol. The molecule has 0 amide bonds. The van der Waals surface area contributed by atoms with E-state index in [1.807, 2.05) is 23.1 Å². The van der Waals surface area contributed by atoms with Crippen LogP contribution in [-0.4, -0.2) is 24.9 Å². The Balaban J connectivity index is 1.59. The molecule has 23 heavy (non-hydrogen) atoms. The Bertz CT molecular complexity index is 550. The zero-order valence-corrected chi connectivity index (χ0v) is 13.0. The highest BCUT2D eigenvalue weighted by Gasteiger charge is 2.52. The molecule has 0 bridgehead atoms. The van der Waals surface area contributed by atoms with Gasteiger partial charge in [-0.25, -0.2) is 4.39 Å². The van der Waals surface area contributed by atoms with Crippen LogP contribution in [0, 0.1) is 11.8 Å². The Kier molecular flexibility index (Phi) is 4.19. The molecule has 2 fully saturated rings. The van der Waals surface area contributed by atoms with Crippen molar-refractivity contribution in [2.45, 2.75) is 43.9 Å². The molecule has 1 aromatic rings. The quantitative estimate of drug-likeness (QED) is 0.650. The number of para-hydroxylation sites is 2. The third-order valence-corrected chi connectivity index (χ3v) is 5.40. The normalized spacial score (nSPS) is 27.6. The van der Waals surface area contributed by atoms with Gasteiger partial charge in [-0.15, -0.1) is 0 Å². The van der Waals surface area contributed by atoms with E-state index in [0.717, 1.165) is 5.69 Å². The number of nitrogens with two attached hydrogens (primary N) is 1. The molecule has 0 aromatic heterocycles. The molecule has 1 aromatic carbocycles. The lowest BCUT2D eigenvalue weighted by atomic mass is 9.67. The fraction of sp³-hybridized carbons (Fsp3) is 0.647. The average Bonchev–Trinajstić information content (AvgIpc) is 2.44. The first-order valence-corrected chi connectivity index (χ1v) is 8.14. The number of piperidine rings is 1. The summed E-state index contributed by atoms with van der Waals surface area (Å²) in [5.74, 6) is -1.86. The summed E-state index contributed by atoms with van der Waals surface area (Å²) in [5, 5.41) is 0. The zero-order chi connectivity index (χ0) is 16.7. The van der Waals surface area contributed by atoms with Crippen molar-refractivity contribution in [2.75, 3.05) is 23.7 Å². The monoisotopic (exact) mass is 330 g/mol. The molecular weight excluding hydrogens is 308 g/mol. The molecule has 1 saturated heterocycles. The van der Waals surface area contributed by atoms with Gasteiger partial charge < -0.3 is 10.6 Å². The first kappa shape index (κ1) is 16.4. The minimum absolute atomic E-state index is 0.0370. The number of anilines is 2. The van der Waals surface area contributed by atoms with Gasteiger partial charge in [0.25, 0.3) is 0 Å². The summed E-state index contributed by atoms with van der Waals surface area (Å²) in [7, 11) is 0. The highest BCUT2D eigenvalue weighted by molar-refractivity contribution is 5.67. The molecule has 1 saturated carbocycles. The lowest BCUT2D eigenvalue weighted by Gasteiger charge is -2.44. The molecule has 2 unspecified atom stereocenters. The van der Waals surface area contributed by atoms with E-state index in [-0.39, 0.29) is 25.7 Å². The summed E-state index contributed by atoms with van der Waals surface area (Å²) < 4.78 is 53.4. The van der Waals surface area contributed by atoms with E-state index in [1.54, 1.807) is 6.07 Å². The van der Waals surface area contributed by atoms with Crippen molar-refractivity contribution in [1.82, 2.24) is 0 Å². The Morgan fingerprint density at radius 1 is 1.13 bits per heavy atom. The van der Waals surface area contributed by atoms with Crippen molar-refractivity contribution < 1.29 is 17.6 Å². The van der Waals surface area contributed by atoms with Gasteiger partial charge in [-0.2, -0.15) is 13.2 Å². The predicted octanol–water partition coefficient (Wildman–Crippen LogP) is 4.56. The Hall–Kier alpha value is -1.46. The molecule has 2 nitrogen and oxygen atoms in total. The molecule has 1 heterocycles. The summed E-state index contributed by atoms with van der Waals surface area (Å²) in [4.78, 5) is 2.02. The minimum atomic E-state index is -4.18. The van der Waals surface area contributed by atoms with Crippen molar-refractivity contribution >= 4 is 11.4 Å². The molecule has 0 radical (unpaired) electrons. The molecule has 2 aliphatic rings. The Morgan fingerprint density at radius 3 is 2.30 bits per heavy atom. The topological polar surface area (TPSA) is 29.3 Å². The highest BCUT2D eigenvalue weighted by Crippen LogP contribution is 2.50. The van der Waals surface area contributed by atoms with Crippen LogP contribution in [0.1, 0.15) is 32.1 Å². The van der Waals surface area contributed by atoms with Gasteiger partial charge in [0.2, 0.25) is 0 Å². The van der Waals surface area contributed by atoms with Crippen LogP contribution in [0.4, 0.5) is 28.9 Å². The van der Waals surface area contributed by atoms with Gasteiger partial charge in [0.05, 0.1) is 17.3 Å². The van der Waals surface area contributed by atoms with Gasteiger partial charge >= 0.3 is 6.18 Å². The Morgan fingerprint density at radius 2 is 1.78 bits per heavy atom. The number of hydrogen-bond donors (Lipinski definition) is 1. The number of nitrogen functional groups attached to an aromatic ring is 1. The SMILES string of the molecule is Nc1ccccc1N1CCC(F)(CC2CCC2C(F)(F)F)CC1. The standard InChI is InChI=1S/C17H22F4N2/c18-16(11-12-5-6-13(12)17(19,20)21)7-9-23(10-8-16)15-4-2-1-3-14(15)22/h1-4,12-13H,5-11,22H2. The van der Waals surface area contributed by atoms with Gasteiger partial charge in [0.1, 0.15) is 5.67 Å². The smallest absolute Gasteiger partial charge is 0.392 e. The predicted molar refractivity (Wildman–Crippen MR) is 83.0 cm³/mol. The number of benzene rings is 1. The van der Waals surface area contributed by atoms with E-state index in [2.05, 4.69) is 0 Å². The number of alkyl halides is 4. The summed E-state index contributed by atoms with van der Waals surface area (Å²) in [6, 6.07) is 7.42. The number of halogens is 4. The fourth-order valence-electron chi connectivity index (χ4n) is 3.84. The first-order chi connectivity index (χ1) is 10.8. The Labute approximate surface area is 133 Å². The molecule has 1 aliphatic heterocycles. The van der Waals surface area contributed by atoms with Crippen molar-refractivity contribution in [3.63, 3.8) is 0 Å². The zero-order valence-electron chi connectivity index (χ0n) is 13.0. The minimum Gasteiger partial charge on any atom is -0.397 e. The second-order valence-electron chi connectivity index (χ2n) is 6.89. The van der Waals surface area contributed by atoms with Gasteiger partial charge in [0.15, 0.2) is 0 Å². The largest absolute Gasteiger partial charge is 0.397 e. The number of nitrogens with zero attached hydrogens (tertiary/aromatic N) is 1. The lowest BCUT2D eigenvalue weighted by molar-refractivity contribution is -0.217. The van der Waals surface area contributed by atoms with Crippen LogP contribution in [0.25, 0.3) is 0 Å². The summed E-state index contributed by atoms with van der Waals surface area (Å²) in [6.07, 6.45) is -2.97. The fourth-order valence-corrected chi connectivity index (χ4v) is 3.84. The van der Waals surface area contributed by atoms with Crippen LogP contribution >= 0.6 is 0 Å². The van der Waals surface area contributed by atoms with Crippen molar-refractivity contribution in [1.29, 1.82) is 0 Å². The van der Waals surface area contributed by atoms with Crippen LogP contribution in [0.3, 0.4) is 0 Å².